The molecule has 0 saturated carbocycles. The molecule has 3 rings (SSSR count). The van der Waals surface area contributed by atoms with E-state index in [1.54, 1.807) is 6.07 Å². The summed E-state index contributed by atoms with van der Waals surface area (Å²) >= 11 is 0. The fourth-order valence-corrected chi connectivity index (χ4v) is 2.53. The number of pyridine rings is 1. The van der Waals surface area contributed by atoms with Crippen LogP contribution < -0.4 is 10.4 Å². The average Bonchev–Trinajstić information content (AvgIpc) is 2.50. The number of benzene rings is 1. The van der Waals surface area contributed by atoms with Crippen molar-refractivity contribution in [3.8, 4) is 17.0 Å². The summed E-state index contributed by atoms with van der Waals surface area (Å²) in [6, 6.07) is 11.4. The molecule has 0 bridgehead atoms. The molecule has 21 heavy (non-hydrogen) atoms. The van der Waals surface area contributed by atoms with Crippen molar-refractivity contribution < 1.29 is 9.90 Å². The maximum Gasteiger partial charge on any atom is 0.142 e. The van der Waals surface area contributed by atoms with Crippen LogP contribution in [0, 0.1) is 0 Å². The number of Topliss-reactive ketones (excluding diaryl/α,β-unsaturated/α-hetero) is 1. The molecule has 1 aromatic carbocycles. The fourth-order valence-electron chi connectivity index (χ4n) is 2.53. The van der Waals surface area contributed by atoms with Gasteiger partial charge in [-0.25, -0.2) is 4.98 Å². The van der Waals surface area contributed by atoms with E-state index >= 15 is 0 Å². The van der Waals surface area contributed by atoms with Crippen molar-refractivity contribution in [2.75, 3.05) is 18.0 Å². The van der Waals surface area contributed by atoms with Crippen LogP contribution in [0.3, 0.4) is 0 Å². The molecule has 1 N–H and O–H groups in total. The zero-order valence-electron chi connectivity index (χ0n) is 12.0. The van der Waals surface area contributed by atoms with E-state index in [0.717, 1.165) is 11.4 Å². The Morgan fingerprint density at radius 1 is 1.05 bits per heavy atom. The van der Waals surface area contributed by atoms with E-state index in [4.69, 9.17) is 0 Å². The zero-order chi connectivity index (χ0) is 14.8. The number of nitrogens with zero attached hydrogens (tertiary/aromatic N) is 2. The second-order valence-electron chi connectivity index (χ2n) is 5.43. The Labute approximate surface area is 124 Å². The first-order chi connectivity index (χ1) is 10.1. The number of aromatic hydroxyl groups is 1. The molecule has 0 atom stereocenters. The van der Waals surface area contributed by atoms with Crippen molar-refractivity contribution in [2.24, 2.45) is 0 Å². The fraction of sp³-hybridized carbons (Fsp3) is 0.250. The molecule has 0 radical (unpaired) electrons. The number of ketones is 1. The predicted molar refractivity (Wildman–Crippen MR) is 86.0 cm³/mol. The van der Waals surface area contributed by atoms with Crippen LogP contribution >= 0.6 is 0 Å². The van der Waals surface area contributed by atoms with Crippen LogP contribution in [-0.2, 0) is 4.79 Å². The number of carbonyl (C=O) groups is 1. The number of rotatable bonds is 2. The molecule has 0 amide bonds. The van der Waals surface area contributed by atoms with Gasteiger partial charge in [-0.1, -0.05) is 29.7 Å². The third-order valence-corrected chi connectivity index (χ3v) is 3.83. The summed E-state index contributed by atoms with van der Waals surface area (Å²) in [4.78, 5) is 18.0. The molecule has 4 nitrogen and oxygen atoms in total. The largest absolute Gasteiger partial charge is 0.506 e. The first-order valence-electron chi connectivity index (χ1n) is 7.17. The predicted octanol–water partition coefficient (Wildman–Crippen LogP) is 0.882. The van der Waals surface area contributed by atoms with Crippen LogP contribution in [0.1, 0.15) is 12.8 Å². The minimum Gasteiger partial charge on any atom is -0.506 e. The summed E-state index contributed by atoms with van der Waals surface area (Å²) < 4.78 is 0. The Bertz CT molecular complexity index is 660. The number of piperidine rings is 1. The van der Waals surface area contributed by atoms with Crippen LogP contribution in [0.5, 0.6) is 5.75 Å². The van der Waals surface area contributed by atoms with E-state index < -0.39 is 0 Å². The van der Waals surface area contributed by atoms with Crippen LogP contribution in [0.15, 0.2) is 36.4 Å². The molecule has 1 aromatic heterocycles. The highest BCUT2D eigenvalue weighted by molar-refractivity contribution is 6.32. The van der Waals surface area contributed by atoms with Gasteiger partial charge in [0.15, 0.2) is 0 Å². The summed E-state index contributed by atoms with van der Waals surface area (Å²) in [5, 5.41) is 10.1. The van der Waals surface area contributed by atoms with Gasteiger partial charge < -0.3 is 10.0 Å². The molecular weight excluding hydrogens is 263 g/mol. The minimum atomic E-state index is 0.177. The molecule has 0 aliphatic carbocycles. The average molecular weight is 280 g/mol. The number of carbonyl (C=O) groups excluding carboxylic acids is 1. The van der Waals surface area contributed by atoms with Gasteiger partial charge in [-0.2, -0.15) is 0 Å². The lowest BCUT2D eigenvalue weighted by molar-refractivity contribution is -0.119. The standard InChI is InChI=1S/C16H17BN2O2/c17-12-3-1-11(2-4-12)16-14(21)5-6-15(18-16)19-9-7-13(20)8-10-19/h1-6,21H,7-10,17H2. The maximum atomic E-state index is 11.3. The van der Waals surface area contributed by atoms with Crippen LogP contribution in [0.2, 0.25) is 0 Å². The van der Waals surface area contributed by atoms with E-state index in [0.29, 0.717) is 37.4 Å². The highest BCUT2D eigenvalue weighted by Gasteiger charge is 2.18. The first-order valence-corrected chi connectivity index (χ1v) is 7.17. The highest BCUT2D eigenvalue weighted by Crippen LogP contribution is 2.29. The molecule has 1 aliphatic heterocycles. The highest BCUT2D eigenvalue weighted by atomic mass is 16.3. The lowest BCUT2D eigenvalue weighted by Crippen LogP contribution is -2.34. The molecule has 2 heterocycles. The third kappa shape index (κ3) is 2.91. The Balaban J connectivity index is 1.92. The van der Waals surface area contributed by atoms with Crippen molar-refractivity contribution >= 4 is 24.9 Å². The normalized spacial score (nSPS) is 15.2. The van der Waals surface area contributed by atoms with Gasteiger partial charge in [-0.3, -0.25) is 4.79 Å². The Morgan fingerprint density at radius 3 is 2.38 bits per heavy atom. The first kappa shape index (κ1) is 13.7. The van der Waals surface area contributed by atoms with E-state index in [2.05, 4.69) is 9.88 Å². The molecule has 106 valence electrons. The monoisotopic (exact) mass is 280 g/mol. The summed E-state index contributed by atoms with van der Waals surface area (Å²) in [6.45, 7) is 1.40. The smallest absolute Gasteiger partial charge is 0.142 e. The van der Waals surface area contributed by atoms with Gasteiger partial charge >= 0.3 is 0 Å². The summed E-state index contributed by atoms with van der Waals surface area (Å²) in [5.74, 6) is 1.30. The van der Waals surface area contributed by atoms with Crippen LogP contribution in [-0.4, -0.2) is 36.8 Å². The molecule has 1 saturated heterocycles. The molecular formula is C16H17BN2O2. The van der Waals surface area contributed by atoms with Gasteiger partial charge in [-0.05, 0) is 12.1 Å². The summed E-state index contributed by atoms with van der Waals surface area (Å²) in [5.41, 5.74) is 2.65. The quantitative estimate of drug-likeness (QED) is 0.830. The molecule has 1 aliphatic rings. The second kappa shape index (κ2) is 5.60. The lowest BCUT2D eigenvalue weighted by atomic mass is 9.94. The molecule has 0 spiro atoms. The molecule has 2 aromatic rings. The molecule has 0 unspecified atom stereocenters. The van der Waals surface area contributed by atoms with E-state index in [9.17, 15) is 9.90 Å². The SMILES string of the molecule is Bc1ccc(-c2nc(N3CCC(=O)CC3)ccc2O)cc1. The van der Waals surface area contributed by atoms with Crippen LogP contribution in [0.4, 0.5) is 5.82 Å². The Hall–Kier alpha value is -2.30. The van der Waals surface area contributed by atoms with Gasteiger partial charge in [0.05, 0.1) is 0 Å². The Morgan fingerprint density at radius 2 is 1.71 bits per heavy atom. The Kier molecular flexibility index (Phi) is 3.65. The van der Waals surface area contributed by atoms with Crippen molar-refractivity contribution in [3.63, 3.8) is 0 Å². The van der Waals surface area contributed by atoms with Crippen molar-refractivity contribution in [3.05, 3.63) is 36.4 Å². The maximum absolute atomic E-state index is 11.3. The number of hydrogen-bond acceptors (Lipinski definition) is 4. The number of hydrogen-bond donors (Lipinski definition) is 1. The van der Waals surface area contributed by atoms with E-state index in [1.165, 1.54) is 5.46 Å². The van der Waals surface area contributed by atoms with Gasteiger partial charge in [0.25, 0.3) is 0 Å². The van der Waals surface area contributed by atoms with Gasteiger partial charge in [0.2, 0.25) is 0 Å². The van der Waals surface area contributed by atoms with Gasteiger partial charge in [-0.15, -0.1) is 0 Å². The van der Waals surface area contributed by atoms with Gasteiger partial charge in [0.1, 0.15) is 30.9 Å². The van der Waals surface area contributed by atoms with E-state index in [1.807, 2.05) is 38.2 Å². The van der Waals surface area contributed by atoms with Gasteiger partial charge in [0, 0.05) is 31.5 Å². The lowest BCUT2D eigenvalue weighted by Gasteiger charge is -2.27. The summed E-state index contributed by atoms with van der Waals surface area (Å²) in [7, 11) is 2.03. The topological polar surface area (TPSA) is 53.4 Å². The second-order valence-corrected chi connectivity index (χ2v) is 5.43. The molecule has 5 heteroatoms. The van der Waals surface area contributed by atoms with Crippen molar-refractivity contribution in [2.45, 2.75) is 12.8 Å². The van der Waals surface area contributed by atoms with Crippen molar-refractivity contribution in [1.82, 2.24) is 4.98 Å². The number of anilines is 1. The third-order valence-electron chi connectivity index (χ3n) is 3.83. The number of aromatic nitrogens is 1. The van der Waals surface area contributed by atoms with E-state index in [-0.39, 0.29) is 5.75 Å². The van der Waals surface area contributed by atoms with Crippen LogP contribution in [0.25, 0.3) is 11.3 Å². The minimum absolute atomic E-state index is 0.177. The molecule has 1 fully saturated rings. The zero-order valence-corrected chi connectivity index (χ0v) is 12.0. The van der Waals surface area contributed by atoms with Crippen molar-refractivity contribution in [1.29, 1.82) is 0 Å². The summed E-state index contributed by atoms with van der Waals surface area (Å²) in [6.07, 6.45) is 1.14.